The summed E-state index contributed by atoms with van der Waals surface area (Å²) in [5.41, 5.74) is -0.476. The number of rotatable bonds is 9. The molecule has 0 radical (unpaired) electrons. The van der Waals surface area contributed by atoms with E-state index in [0.717, 1.165) is 0 Å². The maximum atomic E-state index is 12.6. The molecule has 1 aliphatic rings. The molecule has 1 aromatic carbocycles. The predicted molar refractivity (Wildman–Crippen MR) is 124 cm³/mol. The van der Waals surface area contributed by atoms with Crippen LogP contribution in [0.25, 0.3) is 0 Å². The largest absolute Gasteiger partial charge is 0.479 e. The van der Waals surface area contributed by atoms with E-state index in [1.807, 2.05) is 13.8 Å². The molecule has 9 nitrogen and oxygen atoms in total. The number of halogens is 2. The van der Waals surface area contributed by atoms with Gasteiger partial charge in [-0.25, -0.2) is 4.79 Å². The molecule has 0 spiro atoms. The molecular formula is C22H27Cl2N3O6. The molecule has 33 heavy (non-hydrogen) atoms. The van der Waals surface area contributed by atoms with E-state index < -0.39 is 29.7 Å². The third kappa shape index (κ3) is 6.17. The molecule has 0 saturated carbocycles. The van der Waals surface area contributed by atoms with Gasteiger partial charge in [-0.1, -0.05) is 30.1 Å². The molecule has 1 fully saturated rings. The lowest BCUT2D eigenvalue weighted by Crippen LogP contribution is -2.43. The van der Waals surface area contributed by atoms with E-state index in [9.17, 15) is 14.4 Å². The first-order chi connectivity index (χ1) is 15.7. The number of H-pyrrole nitrogens is 1. The Morgan fingerprint density at radius 3 is 2.76 bits per heavy atom. The van der Waals surface area contributed by atoms with Crippen LogP contribution >= 0.6 is 23.2 Å². The van der Waals surface area contributed by atoms with Crippen molar-refractivity contribution in [1.29, 1.82) is 0 Å². The van der Waals surface area contributed by atoms with Crippen molar-refractivity contribution in [3.05, 3.63) is 60.8 Å². The molecule has 1 saturated heterocycles. The van der Waals surface area contributed by atoms with Crippen LogP contribution in [0, 0.1) is 0 Å². The normalized spacial score (nSPS) is 21.1. The Morgan fingerprint density at radius 1 is 1.33 bits per heavy atom. The molecule has 4 atom stereocenters. The van der Waals surface area contributed by atoms with Crippen LogP contribution in [0.3, 0.4) is 0 Å². The zero-order chi connectivity index (χ0) is 24.1. The van der Waals surface area contributed by atoms with Crippen molar-refractivity contribution in [2.45, 2.75) is 58.2 Å². The van der Waals surface area contributed by atoms with Crippen LogP contribution in [0.2, 0.25) is 10.0 Å². The summed E-state index contributed by atoms with van der Waals surface area (Å²) >= 11 is 12.0. The zero-order valence-corrected chi connectivity index (χ0v) is 20.1. The highest BCUT2D eigenvalue weighted by atomic mass is 35.5. The van der Waals surface area contributed by atoms with Crippen molar-refractivity contribution < 1.29 is 19.0 Å². The SMILES string of the molecule is CCOC1C[C@@H](n2cc(CC)c(=O)[nH]c2=O)O[C@H]1CNC(=O)[C@H](C)Oc1ccc(Cl)cc1Cl. The highest BCUT2D eigenvalue weighted by Crippen LogP contribution is 2.30. The van der Waals surface area contributed by atoms with Gasteiger partial charge in [-0.05, 0) is 38.5 Å². The molecule has 3 rings (SSSR count). The van der Waals surface area contributed by atoms with Crippen LogP contribution in [-0.2, 0) is 20.7 Å². The van der Waals surface area contributed by atoms with E-state index in [2.05, 4.69) is 10.3 Å². The van der Waals surface area contributed by atoms with E-state index in [0.29, 0.717) is 40.8 Å². The number of carbonyl (C=O) groups is 1. The van der Waals surface area contributed by atoms with E-state index >= 15 is 0 Å². The smallest absolute Gasteiger partial charge is 0.330 e. The third-order valence-electron chi connectivity index (χ3n) is 5.34. The summed E-state index contributed by atoms with van der Waals surface area (Å²) in [6, 6.07) is 4.75. The second-order valence-corrected chi connectivity index (χ2v) is 8.46. The fraction of sp³-hybridized carbons (Fsp3) is 0.500. The number of benzene rings is 1. The van der Waals surface area contributed by atoms with Gasteiger partial charge in [-0.15, -0.1) is 0 Å². The summed E-state index contributed by atoms with van der Waals surface area (Å²) in [6.45, 7) is 5.89. The Kier molecular flexibility index (Phi) is 8.58. The standard InChI is InChI=1S/C22H27Cl2N3O6/c1-4-13-11-27(22(30)26-21(13)29)19-9-17(31-5-2)18(33-19)10-25-20(28)12(3)32-16-7-6-14(23)8-15(16)24/h6-8,11-12,17-19H,4-5,9-10H2,1-3H3,(H,25,28)(H,26,29,30)/t12-,17?,18-,19-/m0/s1. The molecule has 2 heterocycles. The molecule has 1 amide bonds. The minimum Gasteiger partial charge on any atom is -0.479 e. The van der Waals surface area contributed by atoms with E-state index in [1.165, 1.54) is 16.8 Å². The van der Waals surface area contributed by atoms with E-state index in [1.54, 1.807) is 19.1 Å². The Bertz CT molecular complexity index is 1100. The first kappa shape index (κ1) is 25.3. The van der Waals surface area contributed by atoms with Crippen molar-refractivity contribution in [2.24, 2.45) is 0 Å². The van der Waals surface area contributed by atoms with Crippen LogP contribution in [0.5, 0.6) is 5.75 Å². The monoisotopic (exact) mass is 499 g/mol. The lowest BCUT2D eigenvalue weighted by atomic mass is 10.1. The number of nitrogens with zero attached hydrogens (tertiary/aromatic N) is 1. The Balaban J connectivity index is 1.65. The second-order valence-electron chi connectivity index (χ2n) is 7.61. The number of ether oxygens (including phenoxy) is 3. The van der Waals surface area contributed by atoms with Gasteiger partial charge < -0.3 is 19.5 Å². The van der Waals surface area contributed by atoms with Crippen LogP contribution in [-0.4, -0.2) is 46.9 Å². The second kappa shape index (κ2) is 11.2. The number of aromatic amines is 1. The quantitative estimate of drug-likeness (QED) is 0.548. The van der Waals surface area contributed by atoms with Crippen molar-refractivity contribution >= 4 is 29.1 Å². The summed E-state index contributed by atoms with van der Waals surface area (Å²) < 4.78 is 18.8. The molecular weight excluding hydrogens is 473 g/mol. The van der Waals surface area contributed by atoms with Crippen molar-refractivity contribution in [2.75, 3.05) is 13.2 Å². The van der Waals surface area contributed by atoms with Crippen molar-refractivity contribution in [1.82, 2.24) is 14.9 Å². The summed E-state index contributed by atoms with van der Waals surface area (Å²) in [5, 5.41) is 3.57. The minimum atomic E-state index is -0.819. The highest BCUT2D eigenvalue weighted by Gasteiger charge is 2.37. The maximum absolute atomic E-state index is 12.6. The third-order valence-corrected chi connectivity index (χ3v) is 5.87. The number of aryl methyl sites for hydroxylation is 1. The van der Waals surface area contributed by atoms with Gasteiger partial charge in [0.2, 0.25) is 0 Å². The van der Waals surface area contributed by atoms with Gasteiger partial charge in [0.1, 0.15) is 18.1 Å². The maximum Gasteiger partial charge on any atom is 0.330 e. The van der Waals surface area contributed by atoms with Crippen molar-refractivity contribution in [3.8, 4) is 5.75 Å². The zero-order valence-electron chi connectivity index (χ0n) is 18.6. The molecule has 2 N–H and O–H groups in total. The number of amides is 1. The summed E-state index contributed by atoms with van der Waals surface area (Å²) in [4.78, 5) is 39.1. The van der Waals surface area contributed by atoms with Gasteiger partial charge >= 0.3 is 5.69 Å². The van der Waals surface area contributed by atoms with Gasteiger partial charge in [0.25, 0.3) is 11.5 Å². The molecule has 2 aromatic rings. The van der Waals surface area contributed by atoms with Crippen LogP contribution in [0.4, 0.5) is 0 Å². The molecule has 0 bridgehead atoms. The van der Waals surface area contributed by atoms with Crippen LogP contribution < -0.4 is 21.3 Å². The molecule has 1 unspecified atom stereocenters. The number of hydrogen-bond acceptors (Lipinski definition) is 6. The first-order valence-corrected chi connectivity index (χ1v) is 11.5. The summed E-state index contributed by atoms with van der Waals surface area (Å²) in [7, 11) is 0. The van der Waals surface area contributed by atoms with Crippen molar-refractivity contribution in [3.63, 3.8) is 0 Å². The van der Waals surface area contributed by atoms with Gasteiger partial charge in [0.15, 0.2) is 6.10 Å². The fourth-order valence-electron chi connectivity index (χ4n) is 3.60. The summed E-state index contributed by atoms with van der Waals surface area (Å²) in [6.07, 6.45) is 0.115. The topological polar surface area (TPSA) is 112 Å². The fourth-order valence-corrected chi connectivity index (χ4v) is 4.05. The van der Waals surface area contributed by atoms with Gasteiger partial charge in [-0.2, -0.15) is 0 Å². The average molecular weight is 500 g/mol. The highest BCUT2D eigenvalue weighted by molar-refractivity contribution is 6.35. The summed E-state index contributed by atoms with van der Waals surface area (Å²) in [5.74, 6) is -0.0185. The van der Waals surface area contributed by atoms with E-state index in [-0.39, 0.29) is 18.6 Å². The molecule has 11 heteroatoms. The number of nitrogens with one attached hydrogen (secondary N) is 2. The molecule has 180 valence electrons. The first-order valence-electron chi connectivity index (χ1n) is 10.7. The number of aromatic nitrogens is 2. The van der Waals surface area contributed by atoms with Crippen LogP contribution in [0.15, 0.2) is 34.0 Å². The molecule has 0 aliphatic carbocycles. The van der Waals surface area contributed by atoms with Gasteiger partial charge in [0, 0.05) is 36.4 Å². The van der Waals surface area contributed by atoms with E-state index in [4.69, 9.17) is 37.4 Å². The van der Waals surface area contributed by atoms with Gasteiger partial charge in [0.05, 0.1) is 11.1 Å². The van der Waals surface area contributed by atoms with Crippen LogP contribution in [0.1, 0.15) is 39.0 Å². The lowest BCUT2D eigenvalue weighted by molar-refractivity contribution is -0.128. The molecule has 1 aliphatic heterocycles. The number of hydrogen-bond donors (Lipinski definition) is 2. The number of carbonyl (C=O) groups excluding carboxylic acids is 1. The predicted octanol–water partition coefficient (Wildman–Crippen LogP) is 2.68. The Hall–Kier alpha value is -2.33. The minimum absolute atomic E-state index is 0.154. The molecule has 1 aromatic heterocycles. The Labute approximate surface area is 200 Å². The van der Waals surface area contributed by atoms with Gasteiger partial charge in [-0.3, -0.25) is 19.1 Å². The lowest BCUT2D eigenvalue weighted by Gasteiger charge is -2.21. The average Bonchev–Trinajstić information content (AvgIpc) is 3.16. The Morgan fingerprint density at radius 2 is 2.09 bits per heavy atom.